The third-order valence-corrected chi connectivity index (χ3v) is 5.79. The summed E-state index contributed by atoms with van der Waals surface area (Å²) in [6.07, 6.45) is 4.31. The maximum absolute atomic E-state index is 10.6. The first-order valence-electron chi connectivity index (χ1n) is 10.9. The minimum atomic E-state index is -0.604. The monoisotopic (exact) mass is 424 g/mol. The molecule has 0 aliphatic carbocycles. The summed E-state index contributed by atoms with van der Waals surface area (Å²) in [5.74, 6) is 0.965. The van der Waals surface area contributed by atoms with Gasteiger partial charge in [-0.1, -0.05) is 91.0 Å². The predicted octanol–water partition coefficient (Wildman–Crippen LogP) is 4.50. The highest BCUT2D eigenvalue weighted by Gasteiger charge is 2.37. The van der Waals surface area contributed by atoms with Gasteiger partial charge in [-0.25, -0.2) is 0 Å². The van der Waals surface area contributed by atoms with Crippen molar-refractivity contribution in [1.82, 2.24) is 15.1 Å². The molecule has 0 fully saturated rings. The zero-order chi connectivity index (χ0) is 22.2. The Morgan fingerprint density at radius 1 is 0.844 bits per heavy atom. The van der Waals surface area contributed by atoms with Gasteiger partial charge in [-0.3, -0.25) is 9.48 Å². The molecule has 0 radical (unpaired) electrons. The van der Waals surface area contributed by atoms with Gasteiger partial charge in [0.1, 0.15) is 11.4 Å². The summed E-state index contributed by atoms with van der Waals surface area (Å²) in [7, 11) is 1.96. The average Bonchev–Trinajstić information content (AvgIpc) is 3.20. The van der Waals surface area contributed by atoms with E-state index >= 15 is 0 Å². The van der Waals surface area contributed by atoms with Gasteiger partial charge in [0, 0.05) is 19.2 Å². The molecule has 4 rings (SSSR count). The standard InChI is InChI=1S/C27H28N4O/c1-31-26(22(20-29-31)12-11-19-28-21-32)30-27(23-13-5-2-6-14-23,24-15-7-3-8-16-24)25-17-9-4-10-18-25/h2-10,13-18,20-21,30H,11-12,19H2,1H3,(H,28,32). The molecule has 2 N–H and O–H groups in total. The van der Waals surface area contributed by atoms with Crippen LogP contribution in [0.25, 0.3) is 0 Å². The third kappa shape index (κ3) is 4.28. The number of carbonyl (C=O) groups is 1. The van der Waals surface area contributed by atoms with E-state index in [0.29, 0.717) is 6.54 Å². The molecule has 1 aromatic heterocycles. The fraction of sp³-hybridized carbons (Fsp3) is 0.185. The van der Waals surface area contributed by atoms with Gasteiger partial charge in [-0.05, 0) is 29.5 Å². The van der Waals surface area contributed by atoms with Crippen molar-refractivity contribution in [1.29, 1.82) is 0 Å². The summed E-state index contributed by atoms with van der Waals surface area (Å²) in [5, 5.41) is 11.2. The normalized spacial score (nSPS) is 11.2. The number of rotatable bonds is 10. The van der Waals surface area contributed by atoms with Gasteiger partial charge in [0.2, 0.25) is 6.41 Å². The molecule has 0 spiro atoms. The molecule has 3 aromatic carbocycles. The molecule has 0 atom stereocenters. The van der Waals surface area contributed by atoms with Crippen molar-refractivity contribution in [2.75, 3.05) is 11.9 Å². The van der Waals surface area contributed by atoms with E-state index in [1.807, 2.05) is 36.1 Å². The summed E-state index contributed by atoms with van der Waals surface area (Å²) < 4.78 is 1.89. The van der Waals surface area contributed by atoms with Gasteiger partial charge in [0.15, 0.2) is 0 Å². The fourth-order valence-corrected chi connectivity index (χ4v) is 4.23. The molecule has 1 amide bonds. The van der Waals surface area contributed by atoms with Gasteiger partial charge in [0.05, 0.1) is 6.20 Å². The van der Waals surface area contributed by atoms with Crippen LogP contribution in [0.3, 0.4) is 0 Å². The summed E-state index contributed by atoms with van der Waals surface area (Å²) >= 11 is 0. The van der Waals surface area contributed by atoms with Crippen LogP contribution in [0, 0.1) is 0 Å². The number of anilines is 1. The van der Waals surface area contributed by atoms with Crippen LogP contribution in [0.5, 0.6) is 0 Å². The van der Waals surface area contributed by atoms with Gasteiger partial charge in [-0.2, -0.15) is 5.10 Å². The first kappa shape index (κ1) is 21.4. The molecule has 0 aliphatic heterocycles. The lowest BCUT2D eigenvalue weighted by molar-refractivity contribution is -0.109. The number of nitrogens with one attached hydrogen (secondary N) is 2. The van der Waals surface area contributed by atoms with Crippen LogP contribution in [-0.2, 0) is 23.8 Å². The number of carbonyl (C=O) groups excluding carboxylic acids is 1. The van der Waals surface area contributed by atoms with Crippen molar-refractivity contribution in [2.24, 2.45) is 7.05 Å². The number of hydrogen-bond acceptors (Lipinski definition) is 3. The third-order valence-electron chi connectivity index (χ3n) is 5.79. The van der Waals surface area contributed by atoms with Gasteiger partial charge >= 0.3 is 0 Å². The molecule has 0 unspecified atom stereocenters. The second kappa shape index (κ2) is 9.96. The lowest BCUT2D eigenvalue weighted by Gasteiger charge is -2.38. The van der Waals surface area contributed by atoms with Crippen LogP contribution < -0.4 is 10.6 Å². The lowest BCUT2D eigenvalue weighted by Crippen LogP contribution is -2.39. The number of benzene rings is 3. The van der Waals surface area contributed by atoms with Crippen molar-refractivity contribution >= 4 is 12.2 Å². The number of hydrogen-bond donors (Lipinski definition) is 2. The van der Waals surface area contributed by atoms with Crippen molar-refractivity contribution < 1.29 is 4.79 Å². The molecular formula is C27H28N4O. The lowest BCUT2D eigenvalue weighted by atomic mass is 9.77. The quantitative estimate of drug-likeness (QED) is 0.224. The molecule has 162 valence electrons. The second-order valence-electron chi connectivity index (χ2n) is 7.79. The fourth-order valence-electron chi connectivity index (χ4n) is 4.23. The zero-order valence-corrected chi connectivity index (χ0v) is 18.2. The van der Waals surface area contributed by atoms with Crippen molar-refractivity contribution in [3.63, 3.8) is 0 Å². The number of nitrogens with zero attached hydrogens (tertiary/aromatic N) is 2. The Hall–Kier alpha value is -3.86. The van der Waals surface area contributed by atoms with E-state index in [2.05, 4.69) is 88.5 Å². The van der Waals surface area contributed by atoms with Gasteiger partial charge in [-0.15, -0.1) is 0 Å². The highest BCUT2D eigenvalue weighted by Crippen LogP contribution is 2.40. The van der Waals surface area contributed by atoms with Crippen LogP contribution in [0.4, 0.5) is 5.82 Å². The van der Waals surface area contributed by atoms with Gasteiger partial charge in [0.25, 0.3) is 0 Å². The Kier molecular flexibility index (Phi) is 6.66. The molecule has 0 saturated carbocycles. The topological polar surface area (TPSA) is 59.0 Å². The van der Waals surface area contributed by atoms with Crippen molar-refractivity contribution in [3.05, 3.63) is 119 Å². The Bertz CT molecular complexity index is 1030. The highest BCUT2D eigenvalue weighted by molar-refractivity contribution is 5.60. The minimum absolute atomic E-state index is 0.604. The minimum Gasteiger partial charge on any atom is -0.359 e. The first-order chi connectivity index (χ1) is 15.8. The Morgan fingerprint density at radius 2 is 1.34 bits per heavy atom. The molecule has 5 heteroatoms. The van der Waals surface area contributed by atoms with Crippen LogP contribution in [0.1, 0.15) is 28.7 Å². The van der Waals surface area contributed by atoms with E-state index in [4.69, 9.17) is 0 Å². The maximum atomic E-state index is 10.6. The van der Waals surface area contributed by atoms with Crippen LogP contribution >= 0.6 is 0 Å². The molecule has 4 aromatic rings. The van der Waals surface area contributed by atoms with E-state index < -0.39 is 5.54 Å². The summed E-state index contributed by atoms with van der Waals surface area (Å²) in [6, 6.07) is 31.6. The van der Waals surface area contributed by atoms with Crippen molar-refractivity contribution in [3.8, 4) is 0 Å². The summed E-state index contributed by atoms with van der Waals surface area (Å²) in [6.45, 7) is 0.638. The van der Waals surface area contributed by atoms with Crippen molar-refractivity contribution in [2.45, 2.75) is 18.4 Å². The molecule has 1 heterocycles. The molecule has 32 heavy (non-hydrogen) atoms. The SMILES string of the molecule is Cn1ncc(CCCNC=O)c1NC(c1ccccc1)(c1ccccc1)c1ccccc1. The Balaban J connectivity index is 1.87. The van der Waals surface area contributed by atoms with E-state index in [9.17, 15) is 4.79 Å². The summed E-state index contributed by atoms with van der Waals surface area (Å²) in [5.41, 5.74) is 3.95. The molecule has 0 bridgehead atoms. The van der Waals surface area contributed by atoms with Crippen LogP contribution in [-0.4, -0.2) is 22.7 Å². The van der Waals surface area contributed by atoms with E-state index in [0.717, 1.165) is 47.3 Å². The smallest absolute Gasteiger partial charge is 0.207 e. The van der Waals surface area contributed by atoms with E-state index in [1.165, 1.54) is 0 Å². The first-order valence-corrected chi connectivity index (χ1v) is 10.9. The Labute approximate surface area is 189 Å². The number of aromatic nitrogens is 2. The Morgan fingerprint density at radius 3 is 1.81 bits per heavy atom. The zero-order valence-electron chi connectivity index (χ0n) is 18.2. The maximum Gasteiger partial charge on any atom is 0.207 e. The van der Waals surface area contributed by atoms with Crippen LogP contribution in [0.15, 0.2) is 97.2 Å². The number of aryl methyl sites for hydroxylation is 2. The molecule has 5 nitrogen and oxygen atoms in total. The largest absolute Gasteiger partial charge is 0.359 e. The van der Waals surface area contributed by atoms with E-state index in [1.54, 1.807) is 0 Å². The predicted molar refractivity (Wildman–Crippen MR) is 128 cm³/mol. The van der Waals surface area contributed by atoms with E-state index in [-0.39, 0.29) is 0 Å². The summed E-state index contributed by atoms with van der Waals surface area (Å²) in [4.78, 5) is 10.6. The molecular weight excluding hydrogens is 396 g/mol. The molecule has 0 saturated heterocycles. The highest BCUT2D eigenvalue weighted by atomic mass is 16.1. The molecule has 0 aliphatic rings. The number of amides is 1. The second-order valence-corrected chi connectivity index (χ2v) is 7.79. The van der Waals surface area contributed by atoms with Gasteiger partial charge < -0.3 is 10.6 Å². The van der Waals surface area contributed by atoms with Crippen LogP contribution in [0.2, 0.25) is 0 Å². The average molecular weight is 425 g/mol.